The van der Waals surface area contributed by atoms with Crippen LogP contribution in [0, 0.1) is 5.92 Å². The third-order valence-corrected chi connectivity index (χ3v) is 4.07. The highest BCUT2D eigenvalue weighted by atomic mass is 32.1. The van der Waals surface area contributed by atoms with E-state index in [4.69, 9.17) is 12.2 Å². The molecule has 6 nitrogen and oxygen atoms in total. The van der Waals surface area contributed by atoms with E-state index in [1.54, 1.807) is 0 Å². The van der Waals surface area contributed by atoms with Crippen molar-refractivity contribution in [2.75, 3.05) is 36.4 Å². The summed E-state index contributed by atoms with van der Waals surface area (Å²) in [4.78, 5) is 27.3. The first-order chi connectivity index (χ1) is 11.4. The van der Waals surface area contributed by atoms with E-state index >= 15 is 0 Å². The fourth-order valence-electron chi connectivity index (χ4n) is 2.70. The number of hydrogen-bond donors (Lipinski definition) is 2. The number of thiocarbonyl (C=S) groups is 1. The van der Waals surface area contributed by atoms with Crippen LogP contribution in [0.5, 0.6) is 0 Å². The van der Waals surface area contributed by atoms with Gasteiger partial charge in [0.25, 0.3) is 0 Å². The summed E-state index contributed by atoms with van der Waals surface area (Å²) in [5.74, 6) is 0.0271. The summed E-state index contributed by atoms with van der Waals surface area (Å²) in [6, 6.07) is 7.82. The molecule has 0 aromatic heterocycles. The van der Waals surface area contributed by atoms with E-state index in [2.05, 4.69) is 15.5 Å². The predicted octanol–water partition coefficient (Wildman–Crippen LogP) is 1.82. The zero-order valence-electron chi connectivity index (χ0n) is 14.3. The first-order valence-electron chi connectivity index (χ1n) is 8.10. The minimum absolute atomic E-state index is 0.0283. The topological polar surface area (TPSA) is 64.7 Å². The SMILES string of the molecule is CC(=O)NC(=S)Nc1ccccc1N1CCN(C(=O)C(C)C)CC1. The van der Waals surface area contributed by atoms with Gasteiger partial charge in [-0.25, -0.2) is 0 Å². The monoisotopic (exact) mass is 348 g/mol. The van der Waals surface area contributed by atoms with Gasteiger partial charge in [0, 0.05) is 39.0 Å². The molecule has 0 saturated carbocycles. The minimum atomic E-state index is -0.203. The Morgan fingerprint density at radius 2 is 1.75 bits per heavy atom. The molecule has 1 aliphatic heterocycles. The Labute approximate surface area is 148 Å². The van der Waals surface area contributed by atoms with Gasteiger partial charge in [-0.2, -0.15) is 0 Å². The number of nitrogens with one attached hydrogen (secondary N) is 2. The fourth-order valence-corrected chi connectivity index (χ4v) is 2.96. The molecule has 7 heteroatoms. The predicted molar refractivity (Wildman–Crippen MR) is 100 cm³/mol. The Hall–Kier alpha value is -2.15. The lowest BCUT2D eigenvalue weighted by molar-refractivity contribution is -0.134. The molecule has 0 atom stereocenters. The lowest BCUT2D eigenvalue weighted by Gasteiger charge is -2.37. The van der Waals surface area contributed by atoms with E-state index in [-0.39, 0.29) is 22.8 Å². The molecular formula is C17H24N4O2S. The Morgan fingerprint density at radius 1 is 1.12 bits per heavy atom. The largest absolute Gasteiger partial charge is 0.366 e. The third-order valence-electron chi connectivity index (χ3n) is 3.87. The summed E-state index contributed by atoms with van der Waals surface area (Å²) in [7, 11) is 0. The highest BCUT2D eigenvalue weighted by Gasteiger charge is 2.24. The molecule has 1 aromatic carbocycles. The highest BCUT2D eigenvalue weighted by molar-refractivity contribution is 7.80. The van der Waals surface area contributed by atoms with Crippen LogP contribution in [0.3, 0.4) is 0 Å². The van der Waals surface area contributed by atoms with Crippen molar-refractivity contribution < 1.29 is 9.59 Å². The summed E-state index contributed by atoms with van der Waals surface area (Å²) in [6.07, 6.45) is 0. The van der Waals surface area contributed by atoms with E-state index in [1.165, 1.54) is 6.92 Å². The number of rotatable bonds is 3. The van der Waals surface area contributed by atoms with Crippen LogP contribution in [0.1, 0.15) is 20.8 Å². The number of para-hydroxylation sites is 2. The van der Waals surface area contributed by atoms with Gasteiger partial charge in [-0.3, -0.25) is 9.59 Å². The summed E-state index contributed by atoms with van der Waals surface area (Å²) >= 11 is 5.14. The number of benzene rings is 1. The van der Waals surface area contributed by atoms with Crippen molar-refractivity contribution in [1.29, 1.82) is 0 Å². The molecule has 0 radical (unpaired) electrons. The average Bonchev–Trinajstić information content (AvgIpc) is 2.54. The molecule has 130 valence electrons. The van der Waals surface area contributed by atoms with E-state index in [1.807, 2.05) is 43.0 Å². The van der Waals surface area contributed by atoms with Gasteiger partial charge in [-0.05, 0) is 24.4 Å². The molecule has 1 saturated heterocycles. The molecule has 1 fully saturated rings. The second kappa shape index (κ2) is 8.10. The van der Waals surface area contributed by atoms with E-state index in [9.17, 15) is 9.59 Å². The average molecular weight is 348 g/mol. The van der Waals surface area contributed by atoms with Crippen molar-refractivity contribution in [1.82, 2.24) is 10.2 Å². The smallest absolute Gasteiger partial charge is 0.225 e. The molecule has 1 aromatic rings. The van der Waals surface area contributed by atoms with Gasteiger partial charge in [-0.1, -0.05) is 26.0 Å². The van der Waals surface area contributed by atoms with Crippen molar-refractivity contribution in [3.63, 3.8) is 0 Å². The fraction of sp³-hybridized carbons (Fsp3) is 0.471. The molecule has 1 heterocycles. The van der Waals surface area contributed by atoms with Crippen molar-refractivity contribution in [3.8, 4) is 0 Å². The number of amides is 2. The maximum atomic E-state index is 12.1. The molecule has 1 aliphatic rings. The molecule has 0 spiro atoms. The minimum Gasteiger partial charge on any atom is -0.366 e. The molecular weight excluding hydrogens is 324 g/mol. The first kappa shape index (κ1) is 18.2. The highest BCUT2D eigenvalue weighted by Crippen LogP contribution is 2.26. The normalized spacial score (nSPS) is 14.5. The molecule has 2 amide bonds. The second-order valence-electron chi connectivity index (χ2n) is 6.12. The number of anilines is 2. The van der Waals surface area contributed by atoms with Crippen LogP contribution in [-0.2, 0) is 9.59 Å². The van der Waals surface area contributed by atoms with Crippen molar-refractivity contribution in [3.05, 3.63) is 24.3 Å². The Kier molecular flexibility index (Phi) is 6.14. The first-order valence-corrected chi connectivity index (χ1v) is 8.50. The van der Waals surface area contributed by atoms with Crippen molar-refractivity contribution in [2.45, 2.75) is 20.8 Å². The van der Waals surface area contributed by atoms with Crippen LogP contribution >= 0.6 is 12.2 Å². The lowest BCUT2D eigenvalue weighted by atomic mass is 10.1. The number of piperazine rings is 1. The van der Waals surface area contributed by atoms with Crippen molar-refractivity contribution >= 4 is 40.5 Å². The van der Waals surface area contributed by atoms with Gasteiger partial charge in [0.05, 0.1) is 11.4 Å². The van der Waals surface area contributed by atoms with Crippen LogP contribution in [0.25, 0.3) is 0 Å². The van der Waals surface area contributed by atoms with E-state index < -0.39 is 0 Å². The van der Waals surface area contributed by atoms with Crippen LogP contribution in [0.4, 0.5) is 11.4 Å². The van der Waals surface area contributed by atoms with Crippen LogP contribution < -0.4 is 15.5 Å². The maximum Gasteiger partial charge on any atom is 0.225 e. The van der Waals surface area contributed by atoms with Crippen molar-refractivity contribution in [2.24, 2.45) is 5.92 Å². The van der Waals surface area contributed by atoms with Gasteiger partial charge >= 0.3 is 0 Å². The maximum absolute atomic E-state index is 12.1. The molecule has 0 unspecified atom stereocenters. The summed E-state index contributed by atoms with van der Waals surface area (Å²) in [6.45, 7) is 8.23. The van der Waals surface area contributed by atoms with Crippen LogP contribution in [-0.4, -0.2) is 48.0 Å². The van der Waals surface area contributed by atoms with Crippen LogP contribution in [0.15, 0.2) is 24.3 Å². The van der Waals surface area contributed by atoms with E-state index in [0.717, 1.165) is 24.5 Å². The van der Waals surface area contributed by atoms with Gasteiger partial charge in [0.1, 0.15) is 0 Å². The zero-order valence-corrected chi connectivity index (χ0v) is 15.2. The zero-order chi connectivity index (χ0) is 17.7. The Balaban J connectivity index is 2.04. The molecule has 0 bridgehead atoms. The number of carbonyl (C=O) groups is 2. The second-order valence-corrected chi connectivity index (χ2v) is 6.53. The standard InChI is InChI=1S/C17H24N4O2S/c1-12(2)16(23)21-10-8-20(9-11-21)15-7-5-4-6-14(15)19-17(24)18-13(3)22/h4-7,12H,8-11H2,1-3H3,(H2,18,19,22,24). The van der Waals surface area contributed by atoms with Gasteiger partial charge in [0.15, 0.2) is 5.11 Å². The molecule has 2 rings (SSSR count). The lowest BCUT2D eigenvalue weighted by Crippen LogP contribution is -2.50. The summed E-state index contributed by atoms with van der Waals surface area (Å²) in [5, 5.41) is 5.92. The van der Waals surface area contributed by atoms with Gasteiger partial charge in [-0.15, -0.1) is 0 Å². The molecule has 2 N–H and O–H groups in total. The number of hydrogen-bond acceptors (Lipinski definition) is 4. The van der Waals surface area contributed by atoms with Crippen LogP contribution in [0.2, 0.25) is 0 Å². The number of carbonyl (C=O) groups excluding carboxylic acids is 2. The van der Waals surface area contributed by atoms with E-state index in [0.29, 0.717) is 13.1 Å². The molecule has 24 heavy (non-hydrogen) atoms. The van der Waals surface area contributed by atoms with Gasteiger partial charge in [0.2, 0.25) is 11.8 Å². The Bertz CT molecular complexity index is 625. The van der Waals surface area contributed by atoms with Gasteiger partial charge < -0.3 is 20.4 Å². The Morgan fingerprint density at radius 3 is 2.33 bits per heavy atom. The number of nitrogens with zero attached hydrogens (tertiary/aromatic N) is 2. The molecule has 0 aliphatic carbocycles. The summed E-state index contributed by atoms with van der Waals surface area (Å²) in [5.41, 5.74) is 1.86. The third kappa shape index (κ3) is 4.67. The quantitative estimate of drug-likeness (QED) is 0.816. The summed E-state index contributed by atoms with van der Waals surface area (Å²) < 4.78 is 0.